The van der Waals surface area contributed by atoms with Crippen LogP contribution in [0.5, 0.6) is 0 Å². The van der Waals surface area contributed by atoms with Gasteiger partial charge < -0.3 is 14.5 Å². The first-order valence-corrected chi connectivity index (χ1v) is 12.8. The molecule has 0 aliphatic heterocycles. The molecule has 0 bridgehead atoms. The SMILES string of the molecule is Cc1ccc(S(=O)(=O)Nc2nc(-c3ccc(CN(CC(=O)O)C(=O)c4ccc([N+](=O)[O-])cc4)cc3)no2)cc1. The van der Waals surface area contributed by atoms with Crippen molar-refractivity contribution >= 4 is 33.6 Å². The molecule has 13 nitrogen and oxygen atoms in total. The molecule has 2 N–H and O–H groups in total. The lowest BCUT2D eigenvalue weighted by molar-refractivity contribution is -0.384. The highest BCUT2D eigenvalue weighted by Gasteiger charge is 2.21. The molecule has 0 aliphatic rings. The number of hydrogen-bond acceptors (Lipinski definition) is 9. The molecular formula is C25H21N5O8S. The number of nitrogens with one attached hydrogen (secondary N) is 1. The number of rotatable bonds is 10. The van der Waals surface area contributed by atoms with Crippen molar-refractivity contribution in [3.63, 3.8) is 0 Å². The van der Waals surface area contributed by atoms with E-state index >= 15 is 0 Å². The summed E-state index contributed by atoms with van der Waals surface area (Å²) >= 11 is 0. The monoisotopic (exact) mass is 551 g/mol. The van der Waals surface area contributed by atoms with Crippen LogP contribution >= 0.6 is 0 Å². The number of aliphatic carboxylic acids is 1. The van der Waals surface area contributed by atoms with Crippen LogP contribution in [0.15, 0.2) is 82.2 Å². The number of carbonyl (C=O) groups excluding carboxylic acids is 1. The van der Waals surface area contributed by atoms with Crippen LogP contribution in [0.3, 0.4) is 0 Å². The van der Waals surface area contributed by atoms with E-state index in [0.717, 1.165) is 10.5 Å². The lowest BCUT2D eigenvalue weighted by Gasteiger charge is -2.21. The van der Waals surface area contributed by atoms with Crippen molar-refractivity contribution < 1.29 is 32.6 Å². The zero-order chi connectivity index (χ0) is 28.2. The Hall–Kier alpha value is -5.11. The zero-order valence-corrected chi connectivity index (χ0v) is 21.2. The first-order valence-electron chi connectivity index (χ1n) is 11.3. The second-order valence-electron chi connectivity index (χ2n) is 8.40. The molecule has 1 amide bonds. The molecule has 0 saturated heterocycles. The Labute approximate surface area is 221 Å². The number of aromatic nitrogens is 2. The summed E-state index contributed by atoms with van der Waals surface area (Å²) in [7, 11) is -3.93. The molecule has 1 aromatic heterocycles. The predicted molar refractivity (Wildman–Crippen MR) is 137 cm³/mol. The molecule has 1 heterocycles. The summed E-state index contributed by atoms with van der Waals surface area (Å²) < 4.78 is 32.4. The quantitative estimate of drug-likeness (QED) is 0.218. The number of anilines is 1. The Morgan fingerprint density at radius 1 is 1.03 bits per heavy atom. The Kier molecular flexibility index (Phi) is 7.67. The Morgan fingerprint density at radius 2 is 1.67 bits per heavy atom. The Balaban J connectivity index is 1.47. The van der Waals surface area contributed by atoms with Crippen LogP contribution in [0.25, 0.3) is 11.4 Å². The predicted octanol–water partition coefficient (Wildman–Crippen LogP) is 3.48. The highest BCUT2D eigenvalue weighted by Crippen LogP contribution is 2.22. The average molecular weight is 552 g/mol. The summed E-state index contributed by atoms with van der Waals surface area (Å²) in [5.74, 6) is -1.73. The maximum absolute atomic E-state index is 12.9. The molecule has 0 unspecified atom stereocenters. The van der Waals surface area contributed by atoms with Crippen LogP contribution in [0.2, 0.25) is 0 Å². The van der Waals surface area contributed by atoms with Crippen molar-refractivity contribution in [2.75, 3.05) is 11.3 Å². The van der Waals surface area contributed by atoms with Crippen LogP contribution in [0.4, 0.5) is 11.7 Å². The van der Waals surface area contributed by atoms with E-state index in [1.165, 1.54) is 36.4 Å². The van der Waals surface area contributed by atoms with E-state index in [9.17, 15) is 33.2 Å². The van der Waals surface area contributed by atoms with E-state index in [2.05, 4.69) is 14.9 Å². The molecular weight excluding hydrogens is 530 g/mol. The van der Waals surface area contributed by atoms with E-state index in [4.69, 9.17) is 4.52 Å². The molecule has 4 aromatic rings. The van der Waals surface area contributed by atoms with Gasteiger partial charge in [-0.15, -0.1) is 0 Å². The van der Waals surface area contributed by atoms with Gasteiger partial charge in [-0.25, -0.2) is 13.1 Å². The fraction of sp³-hybridized carbons (Fsp3) is 0.120. The lowest BCUT2D eigenvalue weighted by Crippen LogP contribution is -2.35. The first kappa shape index (κ1) is 26.9. The maximum Gasteiger partial charge on any atom is 0.335 e. The van der Waals surface area contributed by atoms with Crippen LogP contribution in [0.1, 0.15) is 21.5 Å². The van der Waals surface area contributed by atoms with Gasteiger partial charge in [0.1, 0.15) is 6.54 Å². The third kappa shape index (κ3) is 6.61. The van der Waals surface area contributed by atoms with Gasteiger partial charge in [-0.1, -0.05) is 47.1 Å². The number of amides is 1. The fourth-order valence-electron chi connectivity index (χ4n) is 3.52. The van der Waals surface area contributed by atoms with Gasteiger partial charge in [0, 0.05) is 29.8 Å². The van der Waals surface area contributed by atoms with Crippen molar-refractivity contribution in [3.05, 3.63) is 99.6 Å². The summed E-state index contributed by atoms with van der Waals surface area (Å²) in [5.41, 5.74) is 1.87. The van der Waals surface area contributed by atoms with Gasteiger partial charge in [0.05, 0.1) is 9.82 Å². The number of carbonyl (C=O) groups is 2. The van der Waals surface area contributed by atoms with E-state index in [0.29, 0.717) is 11.1 Å². The number of non-ortho nitro benzene ring substituents is 1. The number of nitro groups is 1. The zero-order valence-electron chi connectivity index (χ0n) is 20.3. The van der Waals surface area contributed by atoms with Gasteiger partial charge in [0.25, 0.3) is 21.6 Å². The largest absolute Gasteiger partial charge is 0.480 e. The topological polar surface area (TPSA) is 186 Å². The summed E-state index contributed by atoms with van der Waals surface area (Å²) in [5, 5.41) is 23.9. The summed E-state index contributed by atoms with van der Waals surface area (Å²) in [4.78, 5) is 39.7. The number of carboxylic acids is 1. The third-order valence-electron chi connectivity index (χ3n) is 5.50. The second kappa shape index (κ2) is 11.1. The van der Waals surface area contributed by atoms with E-state index in [1.54, 1.807) is 36.4 Å². The number of aryl methyl sites for hydroxylation is 1. The van der Waals surface area contributed by atoms with Gasteiger partial charge in [-0.05, 0) is 36.8 Å². The number of nitro benzene ring substituents is 1. The molecule has 0 atom stereocenters. The molecule has 4 rings (SSSR count). The molecule has 0 spiro atoms. The molecule has 39 heavy (non-hydrogen) atoms. The summed E-state index contributed by atoms with van der Waals surface area (Å²) in [6.45, 7) is 1.18. The first-order chi connectivity index (χ1) is 18.5. The highest BCUT2D eigenvalue weighted by molar-refractivity contribution is 7.92. The van der Waals surface area contributed by atoms with Crippen molar-refractivity contribution in [3.8, 4) is 11.4 Å². The molecule has 0 fully saturated rings. The fourth-order valence-corrected chi connectivity index (χ4v) is 4.45. The van der Waals surface area contributed by atoms with Crippen LogP contribution < -0.4 is 4.72 Å². The van der Waals surface area contributed by atoms with Crippen molar-refractivity contribution in [2.24, 2.45) is 0 Å². The minimum atomic E-state index is -3.93. The van der Waals surface area contributed by atoms with Crippen LogP contribution in [0, 0.1) is 17.0 Å². The number of nitrogens with zero attached hydrogens (tertiary/aromatic N) is 4. The molecule has 200 valence electrons. The third-order valence-corrected chi connectivity index (χ3v) is 6.84. The van der Waals surface area contributed by atoms with Crippen LogP contribution in [-0.2, 0) is 21.4 Å². The van der Waals surface area contributed by atoms with E-state index in [1.807, 2.05) is 6.92 Å². The van der Waals surface area contributed by atoms with Gasteiger partial charge >= 0.3 is 12.0 Å². The van der Waals surface area contributed by atoms with Crippen molar-refractivity contribution in [1.82, 2.24) is 15.0 Å². The number of benzene rings is 3. The molecule has 3 aromatic carbocycles. The van der Waals surface area contributed by atoms with E-state index < -0.39 is 33.4 Å². The average Bonchev–Trinajstić information content (AvgIpc) is 3.36. The smallest absolute Gasteiger partial charge is 0.335 e. The normalized spacial score (nSPS) is 11.1. The molecule has 0 aliphatic carbocycles. The number of hydrogen-bond donors (Lipinski definition) is 2. The number of carboxylic acid groups (broad SMARTS) is 1. The van der Waals surface area contributed by atoms with Gasteiger partial charge in [0.15, 0.2) is 0 Å². The highest BCUT2D eigenvalue weighted by atomic mass is 32.2. The van der Waals surface area contributed by atoms with Gasteiger partial charge in [-0.2, -0.15) is 4.98 Å². The van der Waals surface area contributed by atoms with Crippen LogP contribution in [-0.4, -0.2) is 51.9 Å². The van der Waals surface area contributed by atoms with E-state index in [-0.39, 0.29) is 34.5 Å². The maximum atomic E-state index is 12.9. The molecule has 14 heteroatoms. The minimum Gasteiger partial charge on any atom is -0.480 e. The summed E-state index contributed by atoms with van der Waals surface area (Å²) in [6, 6.07) is 17.2. The minimum absolute atomic E-state index is 0.0337. The van der Waals surface area contributed by atoms with Crippen molar-refractivity contribution in [1.29, 1.82) is 0 Å². The molecule has 0 radical (unpaired) electrons. The van der Waals surface area contributed by atoms with Gasteiger partial charge in [0.2, 0.25) is 5.82 Å². The van der Waals surface area contributed by atoms with Gasteiger partial charge in [-0.3, -0.25) is 19.7 Å². The summed E-state index contributed by atoms with van der Waals surface area (Å²) in [6.07, 6.45) is 0. The molecule has 0 saturated carbocycles. The second-order valence-corrected chi connectivity index (χ2v) is 10.1. The van der Waals surface area contributed by atoms with Crippen molar-refractivity contribution in [2.45, 2.75) is 18.4 Å². The lowest BCUT2D eigenvalue weighted by atomic mass is 10.1. The number of sulfonamides is 1. The standard InChI is InChI=1S/C25H21N5O8S/c1-16-2-12-21(13-3-16)39(36,37)28-25-26-23(27-38-25)18-6-4-17(5-7-18)14-29(15-22(31)32)24(33)19-8-10-20(11-9-19)30(34)35/h2-13H,14-15H2,1H3,(H,31,32)(H,26,27,28). The Bertz CT molecular complexity index is 1620. The Morgan fingerprint density at radius 3 is 2.26 bits per heavy atom.